The van der Waals surface area contributed by atoms with Crippen LogP contribution in [0, 0.1) is 5.92 Å². The number of carbonyl (C=O) groups is 1. The van der Waals surface area contributed by atoms with Crippen molar-refractivity contribution in [3.05, 3.63) is 0 Å². The number of amides is 1. The molecular formula is C15H28N2O2. The van der Waals surface area contributed by atoms with E-state index >= 15 is 0 Å². The van der Waals surface area contributed by atoms with E-state index in [-0.39, 0.29) is 18.6 Å². The lowest BCUT2D eigenvalue weighted by atomic mass is 9.87. The Hall–Kier alpha value is -0.610. The van der Waals surface area contributed by atoms with Crippen LogP contribution in [0.25, 0.3) is 0 Å². The molecule has 1 aliphatic heterocycles. The molecule has 2 N–H and O–H groups in total. The average Bonchev–Trinajstić information content (AvgIpc) is 2.42. The van der Waals surface area contributed by atoms with E-state index in [0.717, 1.165) is 38.1 Å². The van der Waals surface area contributed by atoms with E-state index in [1.165, 1.54) is 19.3 Å². The van der Waals surface area contributed by atoms with Gasteiger partial charge in [0, 0.05) is 12.1 Å². The number of aliphatic hydroxyl groups is 1. The van der Waals surface area contributed by atoms with Gasteiger partial charge in [0.15, 0.2) is 0 Å². The lowest BCUT2D eigenvalue weighted by Gasteiger charge is -2.34. The Labute approximate surface area is 116 Å². The molecule has 4 heteroatoms. The van der Waals surface area contributed by atoms with Crippen molar-refractivity contribution in [1.82, 2.24) is 10.2 Å². The van der Waals surface area contributed by atoms with E-state index in [0.29, 0.717) is 12.6 Å². The number of carbonyl (C=O) groups excluding carboxylic acids is 1. The quantitative estimate of drug-likeness (QED) is 0.813. The number of hydrogen-bond acceptors (Lipinski definition) is 3. The SMILES string of the molecule is CC1CCC(NC(=O)CN2CCCCC2CO)CC1. The van der Waals surface area contributed by atoms with Crippen LogP contribution in [0.15, 0.2) is 0 Å². The zero-order valence-electron chi connectivity index (χ0n) is 12.1. The minimum Gasteiger partial charge on any atom is -0.395 e. The average molecular weight is 268 g/mol. The highest BCUT2D eigenvalue weighted by Gasteiger charge is 2.25. The van der Waals surface area contributed by atoms with Gasteiger partial charge >= 0.3 is 0 Å². The summed E-state index contributed by atoms with van der Waals surface area (Å²) < 4.78 is 0. The summed E-state index contributed by atoms with van der Waals surface area (Å²) in [5, 5.41) is 12.5. The molecule has 1 atom stereocenters. The summed E-state index contributed by atoms with van der Waals surface area (Å²) in [6.45, 7) is 3.86. The van der Waals surface area contributed by atoms with Gasteiger partial charge < -0.3 is 10.4 Å². The molecule has 0 spiro atoms. The van der Waals surface area contributed by atoms with E-state index in [2.05, 4.69) is 17.1 Å². The fourth-order valence-electron chi connectivity index (χ4n) is 3.34. The second kappa shape index (κ2) is 7.25. The number of nitrogens with one attached hydrogen (secondary N) is 1. The lowest BCUT2D eigenvalue weighted by molar-refractivity contribution is -0.124. The van der Waals surface area contributed by atoms with Crippen molar-refractivity contribution in [3.8, 4) is 0 Å². The smallest absolute Gasteiger partial charge is 0.234 e. The summed E-state index contributed by atoms with van der Waals surface area (Å²) in [4.78, 5) is 14.2. The third-order valence-electron chi connectivity index (χ3n) is 4.69. The van der Waals surface area contributed by atoms with Crippen LogP contribution in [0.1, 0.15) is 51.9 Å². The molecule has 2 fully saturated rings. The third kappa shape index (κ3) is 4.46. The first-order valence-corrected chi connectivity index (χ1v) is 7.83. The lowest BCUT2D eigenvalue weighted by Crippen LogP contribution is -2.49. The van der Waals surface area contributed by atoms with Crippen molar-refractivity contribution in [2.45, 2.75) is 64.0 Å². The van der Waals surface area contributed by atoms with E-state index in [4.69, 9.17) is 0 Å². The molecule has 0 aromatic carbocycles. The maximum absolute atomic E-state index is 12.1. The maximum Gasteiger partial charge on any atom is 0.234 e. The van der Waals surface area contributed by atoms with Gasteiger partial charge in [-0.25, -0.2) is 0 Å². The summed E-state index contributed by atoms with van der Waals surface area (Å²) >= 11 is 0. The largest absolute Gasteiger partial charge is 0.395 e. The zero-order chi connectivity index (χ0) is 13.7. The number of hydrogen-bond donors (Lipinski definition) is 2. The fourth-order valence-corrected chi connectivity index (χ4v) is 3.34. The Kier molecular flexibility index (Phi) is 5.64. The highest BCUT2D eigenvalue weighted by atomic mass is 16.3. The Bertz CT molecular complexity index is 288. The highest BCUT2D eigenvalue weighted by molar-refractivity contribution is 5.78. The molecule has 1 saturated carbocycles. The van der Waals surface area contributed by atoms with Gasteiger partial charge in [-0.1, -0.05) is 13.3 Å². The summed E-state index contributed by atoms with van der Waals surface area (Å²) in [5.74, 6) is 0.953. The number of nitrogens with zero attached hydrogens (tertiary/aromatic N) is 1. The molecule has 2 aliphatic rings. The molecule has 0 bridgehead atoms. The van der Waals surface area contributed by atoms with Gasteiger partial charge in [0.05, 0.1) is 13.2 Å². The van der Waals surface area contributed by atoms with Crippen LogP contribution in [0.2, 0.25) is 0 Å². The molecule has 110 valence electrons. The summed E-state index contributed by atoms with van der Waals surface area (Å²) in [6, 6.07) is 0.562. The number of aliphatic hydroxyl groups excluding tert-OH is 1. The van der Waals surface area contributed by atoms with Crippen LogP contribution < -0.4 is 5.32 Å². The van der Waals surface area contributed by atoms with Crippen LogP contribution in [0.3, 0.4) is 0 Å². The summed E-state index contributed by atoms with van der Waals surface area (Å²) in [7, 11) is 0. The van der Waals surface area contributed by atoms with Crippen molar-refractivity contribution in [2.75, 3.05) is 19.7 Å². The molecule has 1 unspecified atom stereocenters. The Morgan fingerprint density at radius 3 is 2.63 bits per heavy atom. The molecule has 0 radical (unpaired) electrons. The van der Waals surface area contributed by atoms with E-state index in [1.807, 2.05) is 0 Å². The number of likely N-dealkylation sites (tertiary alicyclic amines) is 1. The van der Waals surface area contributed by atoms with Gasteiger partial charge in [0.1, 0.15) is 0 Å². The first kappa shape index (κ1) is 14.8. The highest BCUT2D eigenvalue weighted by Crippen LogP contribution is 2.23. The van der Waals surface area contributed by atoms with Crippen molar-refractivity contribution in [3.63, 3.8) is 0 Å². The van der Waals surface area contributed by atoms with Gasteiger partial charge in [-0.3, -0.25) is 9.69 Å². The first-order valence-electron chi connectivity index (χ1n) is 7.83. The molecule has 4 nitrogen and oxygen atoms in total. The number of piperidine rings is 1. The van der Waals surface area contributed by atoms with Gasteiger partial charge in [-0.15, -0.1) is 0 Å². The molecular weight excluding hydrogens is 240 g/mol. The van der Waals surface area contributed by atoms with Crippen molar-refractivity contribution >= 4 is 5.91 Å². The molecule has 1 heterocycles. The summed E-state index contributed by atoms with van der Waals surface area (Å²) in [6.07, 6.45) is 8.04. The van der Waals surface area contributed by atoms with Gasteiger partial charge in [0.25, 0.3) is 0 Å². The maximum atomic E-state index is 12.1. The standard InChI is InChI=1S/C15H28N2O2/c1-12-5-7-13(8-6-12)16-15(19)10-17-9-3-2-4-14(17)11-18/h12-14,18H,2-11H2,1H3,(H,16,19). The molecule has 1 aliphatic carbocycles. The second-order valence-corrected chi connectivity index (χ2v) is 6.33. The van der Waals surface area contributed by atoms with Crippen molar-refractivity contribution in [2.24, 2.45) is 5.92 Å². The number of rotatable bonds is 4. The van der Waals surface area contributed by atoms with Crippen LogP contribution in [-0.4, -0.2) is 47.7 Å². The zero-order valence-corrected chi connectivity index (χ0v) is 12.1. The molecule has 0 aromatic rings. The third-order valence-corrected chi connectivity index (χ3v) is 4.69. The fraction of sp³-hybridized carbons (Fsp3) is 0.933. The summed E-state index contributed by atoms with van der Waals surface area (Å²) in [5.41, 5.74) is 0. The normalized spacial score (nSPS) is 33.1. The van der Waals surface area contributed by atoms with Crippen molar-refractivity contribution < 1.29 is 9.90 Å². The second-order valence-electron chi connectivity index (χ2n) is 6.33. The molecule has 1 amide bonds. The monoisotopic (exact) mass is 268 g/mol. The topological polar surface area (TPSA) is 52.6 Å². The predicted octanol–water partition coefficient (Wildman–Crippen LogP) is 1.53. The van der Waals surface area contributed by atoms with Crippen LogP contribution in [0.5, 0.6) is 0 Å². The predicted molar refractivity (Wildman–Crippen MR) is 75.9 cm³/mol. The van der Waals surface area contributed by atoms with Gasteiger partial charge in [-0.2, -0.15) is 0 Å². The van der Waals surface area contributed by atoms with Crippen LogP contribution in [-0.2, 0) is 4.79 Å². The van der Waals surface area contributed by atoms with E-state index < -0.39 is 0 Å². The van der Waals surface area contributed by atoms with Crippen molar-refractivity contribution in [1.29, 1.82) is 0 Å². The van der Waals surface area contributed by atoms with Gasteiger partial charge in [-0.05, 0) is 51.0 Å². The van der Waals surface area contributed by atoms with E-state index in [1.54, 1.807) is 0 Å². The minimum atomic E-state index is 0.139. The van der Waals surface area contributed by atoms with E-state index in [9.17, 15) is 9.90 Å². The molecule has 2 rings (SSSR count). The first-order chi connectivity index (χ1) is 9.19. The Morgan fingerprint density at radius 2 is 1.95 bits per heavy atom. The molecule has 1 saturated heterocycles. The van der Waals surface area contributed by atoms with Crippen LogP contribution in [0.4, 0.5) is 0 Å². The molecule has 0 aromatic heterocycles. The minimum absolute atomic E-state index is 0.139. The Balaban J connectivity index is 1.74. The Morgan fingerprint density at radius 1 is 1.21 bits per heavy atom. The van der Waals surface area contributed by atoms with Crippen LogP contribution >= 0.6 is 0 Å². The van der Waals surface area contributed by atoms with Gasteiger partial charge in [0.2, 0.25) is 5.91 Å². The molecule has 19 heavy (non-hydrogen) atoms.